The molecule has 0 aromatic heterocycles. The predicted octanol–water partition coefficient (Wildman–Crippen LogP) is 2.18. The van der Waals surface area contributed by atoms with Crippen molar-refractivity contribution < 1.29 is 9.84 Å². The average molecular weight is 253 g/mol. The van der Waals surface area contributed by atoms with E-state index < -0.39 is 0 Å². The first-order valence-corrected chi connectivity index (χ1v) is 7.86. The maximum absolute atomic E-state index is 10.3. The number of aliphatic hydroxyl groups is 1. The Balaban J connectivity index is 1.48. The molecule has 3 rings (SSSR count). The third-order valence-corrected chi connectivity index (χ3v) is 5.12. The van der Waals surface area contributed by atoms with Crippen LogP contribution >= 0.6 is 0 Å². The molecular formula is C15H27NO2. The van der Waals surface area contributed by atoms with Crippen LogP contribution in [0.5, 0.6) is 0 Å². The van der Waals surface area contributed by atoms with Crippen molar-refractivity contribution in [3.63, 3.8) is 0 Å². The SMILES string of the molecule is OC(CC1CCCC1)CN1CCOC2CCCC21. The highest BCUT2D eigenvalue weighted by Crippen LogP contribution is 2.31. The average Bonchev–Trinajstić information content (AvgIpc) is 2.99. The van der Waals surface area contributed by atoms with Crippen LogP contribution in [-0.2, 0) is 4.74 Å². The molecule has 3 fully saturated rings. The van der Waals surface area contributed by atoms with Crippen LogP contribution in [0.1, 0.15) is 51.4 Å². The molecule has 0 bridgehead atoms. The van der Waals surface area contributed by atoms with Crippen molar-refractivity contribution in [2.24, 2.45) is 5.92 Å². The van der Waals surface area contributed by atoms with Crippen molar-refractivity contribution >= 4 is 0 Å². The van der Waals surface area contributed by atoms with Crippen LogP contribution < -0.4 is 0 Å². The van der Waals surface area contributed by atoms with Crippen molar-refractivity contribution in [2.75, 3.05) is 19.7 Å². The van der Waals surface area contributed by atoms with Gasteiger partial charge in [0.15, 0.2) is 0 Å². The van der Waals surface area contributed by atoms with Gasteiger partial charge in [-0.3, -0.25) is 4.90 Å². The standard InChI is InChI=1S/C15H27NO2/c17-13(10-12-4-1-2-5-12)11-16-8-9-18-15-7-3-6-14(15)16/h12-15,17H,1-11H2. The number of nitrogens with zero attached hydrogens (tertiary/aromatic N) is 1. The van der Waals surface area contributed by atoms with Crippen molar-refractivity contribution in [1.29, 1.82) is 0 Å². The molecule has 1 N–H and O–H groups in total. The minimum Gasteiger partial charge on any atom is -0.392 e. The summed E-state index contributed by atoms with van der Waals surface area (Å²) in [6, 6.07) is 0.594. The number of aliphatic hydroxyl groups excluding tert-OH is 1. The molecule has 0 aromatic carbocycles. The number of rotatable bonds is 4. The summed E-state index contributed by atoms with van der Waals surface area (Å²) in [6.45, 7) is 2.75. The Morgan fingerprint density at radius 1 is 1.11 bits per heavy atom. The molecule has 3 unspecified atom stereocenters. The second-order valence-corrected chi connectivity index (χ2v) is 6.44. The maximum Gasteiger partial charge on any atom is 0.0730 e. The van der Waals surface area contributed by atoms with Crippen LogP contribution in [0, 0.1) is 5.92 Å². The Bertz CT molecular complexity index is 265. The zero-order valence-electron chi connectivity index (χ0n) is 11.4. The zero-order chi connectivity index (χ0) is 12.4. The third-order valence-electron chi connectivity index (χ3n) is 5.12. The van der Waals surface area contributed by atoms with Gasteiger partial charge in [-0.25, -0.2) is 0 Å². The third kappa shape index (κ3) is 2.89. The molecule has 18 heavy (non-hydrogen) atoms. The highest BCUT2D eigenvalue weighted by atomic mass is 16.5. The van der Waals surface area contributed by atoms with Gasteiger partial charge in [-0.2, -0.15) is 0 Å². The van der Waals surface area contributed by atoms with Crippen LogP contribution in [0.4, 0.5) is 0 Å². The van der Waals surface area contributed by atoms with Crippen molar-refractivity contribution in [1.82, 2.24) is 4.90 Å². The molecule has 2 saturated carbocycles. The van der Waals surface area contributed by atoms with Crippen molar-refractivity contribution in [3.05, 3.63) is 0 Å². The summed E-state index contributed by atoms with van der Waals surface area (Å²) >= 11 is 0. The summed E-state index contributed by atoms with van der Waals surface area (Å²) in [5, 5.41) is 10.3. The molecule has 1 saturated heterocycles. The second-order valence-electron chi connectivity index (χ2n) is 6.44. The number of morpholine rings is 1. The largest absolute Gasteiger partial charge is 0.392 e. The van der Waals surface area contributed by atoms with Gasteiger partial charge < -0.3 is 9.84 Å². The Hall–Kier alpha value is -0.120. The molecule has 3 atom stereocenters. The highest BCUT2D eigenvalue weighted by molar-refractivity contribution is 4.90. The molecule has 2 aliphatic carbocycles. The first-order valence-electron chi connectivity index (χ1n) is 7.86. The van der Waals surface area contributed by atoms with Gasteiger partial charge in [0.05, 0.1) is 18.8 Å². The topological polar surface area (TPSA) is 32.7 Å². The van der Waals surface area contributed by atoms with Crippen LogP contribution in [-0.4, -0.2) is 48.0 Å². The van der Waals surface area contributed by atoms with Gasteiger partial charge in [0.25, 0.3) is 0 Å². The first-order chi connectivity index (χ1) is 8.83. The van der Waals surface area contributed by atoms with Crippen LogP contribution in [0.2, 0.25) is 0 Å². The number of hydrogen-bond donors (Lipinski definition) is 1. The number of hydrogen-bond acceptors (Lipinski definition) is 3. The van der Waals surface area contributed by atoms with Crippen LogP contribution in [0.3, 0.4) is 0 Å². The second kappa shape index (κ2) is 5.89. The lowest BCUT2D eigenvalue weighted by atomic mass is 9.99. The molecule has 0 spiro atoms. The van der Waals surface area contributed by atoms with E-state index in [4.69, 9.17) is 4.74 Å². The number of fused-ring (bicyclic) bond motifs is 1. The van der Waals surface area contributed by atoms with Gasteiger partial charge in [-0.05, 0) is 31.6 Å². The molecular weight excluding hydrogens is 226 g/mol. The lowest BCUT2D eigenvalue weighted by Gasteiger charge is -2.38. The zero-order valence-corrected chi connectivity index (χ0v) is 11.4. The Kier molecular flexibility index (Phi) is 4.22. The summed E-state index contributed by atoms with van der Waals surface area (Å²) in [6.07, 6.45) is 10.6. The Morgan fingerprint density at radius 2 is 1.94 bits per heavy atom. The molecule has 3 aliphatic rings. The normalized spacial score (nSPS) is 35.8. The quantitative estimate of drug-likeness (QED) is 0.833. The van der Waals surface area contributed by atoms with Gasteiger partial charge >= 0.3 is 0 Å². The van der Waals surface area contributed by atoms with Gasteiger partial charge in [0.1, 0.15) is 0 Å². The van der Waals surface area contributed by atoms with E-state index in [0.717, 1.165) is 32.0 Å². The molecule has 1 aliphatic heterocycles. The maximum atomic E-state index is 10.3. The van der Waals surface area contributed by atoms with Crippen LogP contribution in [0.15, 0.2) is 0 Å². The van der Waals surface area contributed by atoms with E-state index in [1.807, 2.05) is 0 Å². The minimum atomic E-state index is -0.118. The molecule has 3 nitrogen and oxygen atoms in total. The Morgan fingerprint density at radius 3 is 2.78 bits per heavy atom. The fourth-order valence-electron chi connectivity index (χ4n) is 4.21. The smallest absolute Gasteiger partial charge is 0.0730 e. The van der Waals surface area contributed by atoms with Gasteiger partial charge in [0, 0.05) is 19.1 Å². The molecule has 104 valence electrons. The lowest BCUT2D eigenvalue weighted by molar-refractivity contribution is -0.0687. The van der Waals surface area contributed by atoms with Crippen LogP contribution in [0.25, 0.3) is 0 Å². The van der Waals surface area contributed by atoms with E-state index in [-0.39, 0.29) is 6.10 Å². The van der Waals surface area contributed by atoms with E-state index in [0.29, 0.717) is 12.1 Å². The number of ether oxygens (including phenoxy) is 1. The van der Waals surface area contributed by atoms with E-state index in [9.17, 15) is 5.11 Å². The van der Waals surface area contributed by atoms with E-state index in [2.05, 4.69) is 4.90 Å². The Labute approximate surface area is 110 Å². The molecule has 1 heterocycles. The monoisotopic (exact) mass is 253 g/mol. The van der Waals surface area contributed by atoms with Crippen molar-refractivity contribution in [3.8, 4) is 0 Å². The van der Waals surface area contributed by atoms with E-state index in [1.54, 1.807) is 0 Å². The summed E-state index contributed by atoms with van der Waals surface area (Å²) in [5.41, 5.74) is 0. The summed E-state index contributed by atoms with van der Waals surface area (Å²) in [5.74, 6) is 0.792. The highest BCUT2D eigenvalue weighted by Gasteiger charge is 2.36. The predicted molar refractivity (Wildman–Crippen MR) is 71.5 cm³/mol. The van der Waals surface area contributed by atoms with Crippen molar-refractivity contribution in [2.45, 2.75) is 69.6 Å². The number of β-amino-alcohol motifs (C(OH)–C–C–N with tert-alkyl or cyclic N) is 1. The fourth-order valence-corrected chi connectivity index (χ4v) is 4.21. The van der Waals surface area contributed by atoms with Gasteiger partial charge in [-0.1, -0.05) is 25.7 Å². The molecule has 0 aromatic rings. The van der Waals surface area contributed by atoms with Gasteiger partial charge in [-0.15, -0.1) is 0 Å². The molecule has 3 heteroatoms. The molecule has 0 amide bonds. The summed E-state index contributed by atoms with van der Waals surface area (Å²) in [4.78, 5) is 2.50. The summed E-state index contributed by atoms with van der Waals surface area (Å²) in [7, 11) is 0. The molecule has 0 radical (unpaired) electrons. The minimum absolute atomic E-state index is 0.118. The fraction of sp³-hybridized carbons (Fsp3) is 1.00. The lowest BCUT2D eigenvalue weighted by Crippen LogP contribution is -2.51. The van der Waals surface area contributed by atoms with E-state index in [1.165, 1.54) is 44.9 Å². The first kappa shape index (κ1) is 12.9. The van der Waals surface area contributed by atoms with Gasteiger partial charge in [0.2, 0.25) is 0 Å². The van der Waals surface area contributed by atoms with E-state index >= 15 is 0 Å². The summed E-state index contributed by atoms with van der Waals surface area (Å²) < 4.78 is 5.82.